The number of H-pyrrole nitrogens is 1. The molecule has 2 N–H and O–H groups in total. The minimum absolute atomic E-state index is 0.145. The molecule has 0 spiro atoms. The van der Waals surface area contributed by atoms with Crippen LogP contribution in [0.3, 0.4) is 0 Å². The van der Waals surface area contributed by atoms with Gasteiger partial charge in [0, 0.05) is 6.04 Å². The molecule has 0 amide bonds. The van der Waals surface area contributed by atoms with Gasteiger partial charge >= 0.3 is 5.69 Å². The van der Waals surface area contributed by atoms with Crippen LogP contribution in [0.4, 0.5) is 0 Å². The Morgan fingerprint density at radius 3 is 2.44 bits per heavy atom. The van der Waals surface area contributed by atoms with E-state index in [0.717, 1.165) is 6.42 Å². The zero-order valence-electron chi connectivity index (χ0n) is 10.1. The molecule has 0 aliphatic rings. The molecule has 0 aliphatic carbocycles. The molecule has 0 radical (unpaired) electrons. The third kappa shape index (κ3) is 2.03. The highest BCUT2D eigenvalue weighted by atomic mass is 16.3. The van der Waals surface area contributed by atoms with Gasteiger partial charge in [-0.15, -0.1) is 0 Å². The topological polar surface area (TPSA) is 75.1 Å². The Kier molecular flexibility index (Phi) is 3.57. The summed E-state index contributed by atoms with van der Waals surface area (Å²) in [4.78, 5) is 25.1. The summed E-state index contributed by atoms with van der Waals surface area (Å²) in [5.41, 5.74) is -0.911. The molecule has 5 nitrogen and oxygen atoms in total. The molecule has 1 aromatic rings. The average molecular weight is 226 g/mol. The molecule has 0 aliphatic heterocycles. The van der Waals surface area contributed by atoms with Crippen molar-refractivity contribution in [2.24, 2.45) is 5.92 Å². The average Bonchev–Trinajstić information content (AvgIpc) is 2.24. The second-order valence-electron chi connectivity index (χ2n) is 4.20. The van der Waals surface area contributed by atoms with Gasteiger partial charge in [-0.05, 0) is 19.8 Å². The first-order valence-electron chi connectivity index (χ1n) is 5.44. The van der Waals surface area contributed by atoms with Crippen molar-refractivity contribution in [1.82, 2.24) is 9.55 Å². The maximum atomic E-state index is 11.6. The summed E-state index contributed by atoms with van der Waals surface area (Å²) in [5, 5.41) is 9.82. The van der Waals surface area contributed by atoms with E-state index in [2.05, 4.69) is 4.98 Å². The fourth-order valence-electron chi connectivity index (χ4n) is 1.60. The lowest BCUT2D eigenvalue weighted by Crippen LogP contribution is -2.34. The van der Waals surface area contributed by atoms with Crippen molar-refractivity contribution in [2.75, 3.05) is 0 Å². The van der Waals surface area contributed by atoms with E-state index < -0.39 is 11.2 Å². The predicted octanol–water partition coefficient (Wildman–Crippen LogP) is 1.16. The second kappa shape index (κ2) is 4.55. The molecule has 0 saturated heterocycles. The van der Waals surface area contributed by atoms with Gasteiger partial charge in [-0.25, -0.2) is 4.79 Å². The Hall–Kier alpha value is -1.52. The summed E-state index contributed by atoms with van der Waals surface area (Å²) in [7, 11) is 0. The van der Waals surface area contributed by atoms with Crippen LogP contribution in [0.1, 0.15) is 38.8 Å². The van der Waals surface area contributed by atoms with E-state index in [4.69, 9.17) is 0 Å². The lowest BCUT2D eigenvalue weighted by molar-refractivity contribution is 0.305. The van der Waals surface area contributed by atoms with Crippen LogP contribution in [-0.4, -0.2) is 14.7 Å². The Labute approximate surface area is 93.8 Å². The summed E-state index contributed by atoms with van der Waals surface area (Å²) >= 11 is 0. The van der Waals surface area contributed by atoms with Crippen LogP contribution in [0, 0.1) is 12.8 Å². The van der Waals surface area contributed by atoms with Crippen LogP contribution in [0.5, 0.6) is 5.88 Å². The Balaban J connectivity index is 3.40. The third-order valence-corrected chi connectivity index (χ3v) is 3.22. The van der Waals surface area contributed by atoms with E-state index in [1.807, 2.05) is 20.8 Å². The van der Waals surface area contributed by atoms with E-state index in [1.165, 1.54) is 11.5 Å². The third-order valence-electron chi connectivity index (χ3n) is 3.22. The number of aromatic amines is 1. The van der Waals surface area contributed by atoms with Crippen molar-refractivity contribution in [3.8, 4) is 5.88 Å². The molecule has 1 rings (SSSR count). The first-order valence-corrected chi connectivity index (χ1v) is 5.44. The van der Waals surface area contributed by atoms with Crippen molar-refractivity contribution in [3.05, 3.63) is 26.4 Å². The van der Waals surface area contributed by atoms with Crippen LogP contribution in [0.2, 0.25) is 0 Å². The Bertz CT molecular complexity index is 487. The van der Waals surface area contributed by atoms with Gasteiger partial charge in [0.25, 0.3) is 5.56 Å². The molecule has 1 aromatic heterocycles. The summed E-state index contributed by atoms with van der Waals surface area (Å²) in [6.07, 6.45) is 0.894. The van der Waals surface area contributed by atoms with Gasteiger partial charge in [0.1, 0.15) is 0 Å². The van der Waals surface area contributed by atoms with Gasteiger partial charge in [0.05, 0.1) is 5.56 Å². The van der Waals surface area contributed by atoms with E-state index in [9.17, 15) is 14.7 Å². The molecule has 1 heterocycles. The van der Waals surface area contributed by atoms with Crippen molar-refractivity contribution >= 4 is 0 Å². The van der Waals surface area contributed by atoms with Crippen LogP contribution in [0.25, 0.3) is 0 Å². The van der Waals surface area contributed by atoms with Gasteiger partial charge in [-0.3, -0.25) is 14.3 Å². The number of aromatic hydroxyl groups is 1. The van der Waals surface area contributed by atoms with Crippen LogP contribution < -0.4 is 11.2 Å². The molecular weight excluding hydrogens is 208 g/mol. The van der Waals surface area contributed by atoms with Gasteiger partial charge in [0.15, 0.2) is 0 Å². The fourth-order valence-corrected chi connectivity index (χ4v) is 1.60. The Morgan fingerprint density at radius 1 is 1.38 bits per heavy atom. The highest BCUT2D eigenvalue weighted by Crippen LogP contribution is 2.23. The lowest BCUT2D eigenvalue weighted by atomic mass is 10.0. The molecule has 5 heteroatoms. The van der Waals surface area contributed by atoms with Crippen molar-refractivity contribution < 1.29 is 5.11 Å². The van der Waals surface area contributed by atoms with Gasteiger partial charge in [-0.2, -0.15) is 0 Å². The SMILES string of the molecule is CCC(C)C(C)n1c(O)c(C)c(=O)[nH]c1=O. The molecule has 2 atom stereocenters. The first-order chi connectivity index (χ1) is 7.40. The second-order valence-corrected chi connectivity index (χ2v) is 4.20. The number of hydrogen-bond donors (Lipinski definition) is 2. The van der Waals surface area contributed by atoms with Crippen LogP contribution in [-0.2, 0) is 0 Å². The molecule has 2 unspecified atom stereocenters. The fraction of sp³-hybridized carbons (Fsp3) is 0.636. The molecule has 0 bridgehead atoms. The van der Waals surface area contributed by atoms with Gasteiger partial charge < -0.3 is 5.11 Å². The standard InChI is InChI=1S/C11H18N2O3/c1-5-6(2)8(4)13-10(15)7(3)9(14)12-11(13)16/h6,8,15H,5H2,1-4H3,(H,12,14,16). The molecule has 0 saturated carbocycles. The van der Waals surface area contributed by atoms with E-state index in [-0.39, 0.29) is 23.4 Å². The summed E-state index contributed by atoms with van der Waals surface area (Å²) < 4.78 is 1.24. The predicted molar refractivity (Wildman–Crippen MR) is 61.9 cm³/mol. The van der Waals surface area contributed by atoms with E-state index in [1.54, 1.807) is 0 Å². The Morgan fingerprint density at radius 2 is 1.94 bits per heavy atom. The van der Waals surface area contributed by atoms with E-state index >= 15 is 0 Å². The maximum absolute atomic E-state index is 11.6. The largest absolute Gasteiger partial charge is 0.494 e. The van der Waals surface area contributed by atoms with Crippen molar-refractivity contribution in [2.45, 2.75) is 40.2 Å². The number of nitrogens with one attached hydrogen (secondary N) is 1. The molecule has 16 heavy (non-hydrogen) atoms. The smallest absolute Gasteiger partial charge is 0.331 e. The number of aromatic nitrogens is 2. The lowest BCUT2D eigenvalue weighted by Gasteiger charge is -2.22. The summed E-state index contributed by atoms with van der Waals surface area (Å²) in [6.45, 7) is 7.36. The normalized spacial score (nSPS) is 14.8. The summed E-state index contributed by atoms with van der Waals surface area (Å²) in [6, 6.07) is -0.145. The van der Waals surface area contributed by atoms with Crippen LogP contribution >= 0.6 is 0 Å². The molecule has 0 fully saturated rings. The monoisotopic (exact) mass is 226 g/mol. The van der Waals surface area contributed by atoms with Crippen molar-refractivity contribution in [1.29, 1.82) is 0 Å². The molecule has 90 valence electrons. The molecule has 0 aromatic carbocycles. The number of hydrogen-bond acceptors (Lipinski definition) is 3. The molecular formula is C11H18N2O3. The highest BCUT2D eigenvalue weighted by Gasteiger charge is 2.19. The zero-order valence-corrected chi connectivity index (χ0v) is 10.1. The summed E-state index contributed by atoms with van der Waals surface area (Å²) in [5.74, 6) is 0.00968. The highest BCUT2D eigenvalue weighted by molar-refractivity contribution is 5.21. The first kappa shape index (κ1) is 12.5. The number of rotatable bonds is 3. The minimum atomic E-state index is -0.555. The van der Waals surface area contributed by atoms with Gasteiger partial charge in [0.2, 0.25) is 5.88 Å². The zero-order chi connectivity index (χ0) is 12.5. The number of nitrogens with zero attached hydrogens (tertiary/aromatic N) is 1. The quantitative estimate of drug-likeness (QED) is 0.812. The maximum Gasteiger partial charge on any atom is 0.331 e. The van der Waals surface area contributed by atoms with Gasteiger partial charge in [-0.1, -0.05) is 20.3 Å². The van der Waals surface area contributed by atoms with Crippen LogP contribution in [0.15, 0.2) is 9.59 Å². The minimum Gasteiger partial charge on any atom is -0.494 e. The van der Waals surface area contributed by atoms with Crippen molar-refractivity contribution in [3.63, 3.8) is 0 Å². The van der Waals surface area contributed by atoms with E-state index in [0.29, 0.717) is 0 Å².